The van der Waals surface area contributed by atoms with Crippen LogP contribution in [0.5, 0.6) is 0 Å². The van der Waals surface area contributed by atoms with Crippen LogP contribution < -0.4 is 0 Å². The summed E-state index contributed by atoms with van der Waals surface area (Å²) in [5.74, 6) is 2.25. The van der Waals surface area contributed by atoms with E-state index in [1.54, 1.807) is 0 Å². The standard InChI is InChI=1S/C10H19NO3S/c1-4-5-6-7-11(10(2)3)15(13,14)9-8-12/h1,10,12H,5-9H2,2-3H3. The summed E-state index contributed by atoms with van der Waals surface area (Å²) >= 11 is 0. The van der Waals surface area contributed by atoms with Crippen molar-refractivity contribution in [3.8, 4) is 12.3 Å². The Morgan fingerprint density at radius 3 is 2.47 bits per heavy atom. The predicted octanol–water partition coefficient (Wildman–Crippen LogP) is 0.432. The van der Waals surface area contributed by atoms with E-state index in [1.165, 1.54) is 4.31 Å². The average molecular weight is 233 g/mol. The fourth-order valence-electron chi connectivity index (χ4n) is 1.29. The number of rotatable bonds is 7. The largest absolute Gasteiger partial charge is 0.395 e. The van der Waals surface area contributed by atoms with Gasteiger partial charge in [-0.2, -0.15) is 4.31 Å². The van der Waals surface area contributed by atoms with E-state index >= 15 is 0 Å². The number of unbranched alkanes of at least 4 members (excludes halogenated alkanes) is 1. The maximum atomic E-state index is 11.7. The number of aliphatic hydroxyl groups excluding tert-OH is 1. The Hall–Kier alpha value is -0.570. The first-order chi connectivity index (χ1) is 6.95. The van der Waals surface area contributed by atoms with Gasteiger partial charge in [0.05, 0.1) is 12.4 Å². The zero-order valence-electron chi connectivity index (χ0n) is 9.31. The van der Waals surface area contributed by atoms with Gasteiger partial charge in [-0.1, -0.05) is 0 Å². The molecule has 0 saturated carbocycles. The molecule has 0 radical (unpaired) electrons. The van der Waals surface area contributed by atoms with Crippen molar-refractivity contribution in [2.24, 2.45) is 0 Å². The van der Waals surface area contributed by atoms with Gasteiger partial charge in [0.2, 0.25) is 10.0 Å². The molecule has 0 aliphatic rings. The lowest BCUT2D eigenvalue weighted by atomic mass is 10.3. The van der Waals surface area contributed by atoms with Gasteiger partial charge in [-0.05, 0) is 20.3 Å². The number of sulfonamides is 1. The van der Waals surface area contributed by atoms with E-state index in [2.05, 4.69) is 5.92 Å². The minimum atomic E-state index is -3.34. The molecule has 0 saturated heterocycles. The summed E-state index contributed by atoms with van der Waals surface area (Å²) in [6.07, 6.45) is 6.32. The Kier molecular flexibility index (Phi) is 6.57. The SMILES string of the molecule is C#CCCCN(C(C)C)S(=O)(=O)CCO. The average Bonchev–Trinajstić information content (AvgIpc) is 2.11. The van der Waals surface area contributed by atoms with Gasteiger partial charge < -0.3 is 5.11 Å². The molecule has 0 aromatic rings. The highest BCUT2D eigenvalue weighted by Gasteiger charge is 2.23. The van der Waals surface area contributed by atoms with E-state index in [4.69, 9.17) is 11.5 Å². The van der Waals surface area contributed by atoms with Crippen LogP contribution in [0.15, 0.2) is 0 Å². The molecule has 88 valence electrons. The zero-order valence-corrected chi connectivity index (χ0v) is 10.1. The minimum absolute atomic E-state index is 0.0978. The molecule has 0 aromatic heterocycles. The molecular formula is C10H19NO3S. The molecule has 1 N–H and O–H groups in total. The van der Waals surface area contributed by atoms with Crippen molar-refractivity contribution in [2.75, 3.05) is 18.9 Å². The van der Waals surface area contributed by atoms with Crippen LogP contribution in [0.2, 0.25) is 0 Å². The lowest BCUT2D eigenvalue weighted by Gasteiger charge is -2.25. The van der Waals surface area contributed by atoms with Crippen LogP contribution >= 0.6 is 0 Å². The molecule has 15 heavy (non-hydrogen) atoms. The van der Waals surface area contributed by atoms with Gasteiger partial charge >= 0.3 is 0 Å². The fourth-order valence-corrected chi connectivity index (χ4v) is 2.80. The normalized spacial score (nSPS) is 12.0. The van der Waals surface area contributed by atoms with Crippen LogP contribution in [0.25, 0.3) is 0 Å². The molecule has 0 bridgehead atoms. The van der Waals surface area contributed by atoms with Crippen molar-refractivity contribution in [3.05, 3.63) is 0 Å². The van der Waals surface area contributed by atoms with Gasteiger partial charge in [0, 0.05) is 19.0 Å². The Bertz CT molecular complexity index is 303. The smallest absolute Gasteiger partial charge is 0.216 e. The molecule has 0 unspecified atom stereocenters. The summed E-state index contributed by atoms with van der Waals surface area (Å²) in [5, 5.41) is 8.67. The maximum absolute atomic E-state index is 11.7. The van der Waals surface area contributed by atoms with Crippen molar-refractivity contribution in [2.45, 2.75) is 32.7 Å². The molecule has 5 heteroatoms. The Labute approximate surface area is 92.3 Å². The lowest BCUT2D eigenvalue weighted by Crippen LogP contribution is -2.39. The quantitative estimate of drug-likeness (QED) is 0.512. The molecule has 0 fully saturated rings. The van der Waals surface area contributed by atoms with Crippen LogP contribution in [0, 0.1) is 12.3 Å². The minimum Gasteiger partial charge on any atom is -0.395 e. The summed E-state index contributed by atoms with van der Waals surface area (Å²) < 4.78 is 24.8. The van der Waals surface area contributed by atoms with Gasteiger partial charge in [0.25, 0.3) is 0 Å². The van der Waals surface area contributed by atoms with Gasteiger partial charge in [-0.25, -0.2) is 8.42 Å². The predicted molar refractivity (Wildman–Crippen MR) is 60.8 cm³/mol. The molecule has 0 aliphatic carbocycles. The molecule has 0 atom stereocenters. The number of terminal acetylenes is 1. The third-order valence-corrected chi connectivity index (χ3v) is 4.00. The number of hydrogen-bond acceptors (Lipinski definition) is 3. The first kappa shape index (κ1) is 14.4. The second kappa shape index (κ2) is 6.83. The molecule has 0 amide bonds. The third-order valence-electron chi connectivity index (χ3n) is 1.98. The second-order valence-electron chi connectivity index (χ2n) is 3.55. The Morgan fingerprint density at radius 2 is 2.07 bits per heavy atom. The third kappa shape index (κ3) is 5.17. The molecular weight excluding hydrogens is 214 g/mol. The first-order valence-electron chi connectivity index (χ1n) is 4.99. The summed E-state index contributed by atoms with van der Waals surface area (Å²) in [6.45, 7) is 3.69. The van der Waals surface area contributed by atoms with E-state index < -0.39 is 10.0 Å². The van der Waals surface area contributed by atoms with Crippen LogP contribution in [0.4, 0.5) is 0 Å². The molecule has 0 heterocycles. The van der Waals surface area contributed by atoms with Crippen LogP contribution in [0.3, 0.4) is 0 Å². The fraction of sp³-hybridized carbons (Fsp3) is 0.800. The van der Waals surface area contributed by atoms with Gasteiger partial charge in [-0.3, -0.25) is 0 Å². The van der Waals surface area contributed by atoms with Crippen molar-refractivity contribution >= 4 is 10.0 Å². The molecule has 0 spiro atoms. The van der Waals surface area contributed by atoms with Crippen LogP contribution in [-0.4, -0.2) is 42.8 Å². The van der Waals surface area contributed by atoms with Crippen LogP contribution in [0.1, 0.15) is 26.7 Å². The maximum Gasteiger partial charge on any atom is 0.216 e. The Balaban J connectivity index is 4.47. The van der Waals surface area contributed by atoms with Crippen molar-refractivity contribution in [1.82, 2.24) is 4.31 Å². The monoisotopic (exact) mass is 233 g/mol. The van der Waals surface area contributed by atoms with Crippen LogP contribution in [-0.2, 0) is 10.0 Å². The topological polar surface area (TPSA) is 57.6 Å². The van der Waals surface area contributed by atoms with Crippen molar-refractivity contribution < 1.29 is 13.5 Å². The van der Waals surface area contributed by atoms with E-state index in [1.807, 2.05) is 13.8 Å². The number of nitrogens with zero attached hydrogens (tertiary/aromatic N) is 1. The Morgan fingerprint density at radius 1 is 1.47 bits per heavy atom. The first-order valence-corrected chi connectivity index (χ1v) is 6.60. The highest BCUT2D eigenvalue weighted by molar-refractivity contribution is 7.89. The van der Waals surface area contributed by atoms with Crippen molar-refractivity contribution in [3.63, 3.8) is 0 Å². The number of aliphatic hydroxyl groups is 1. The lowest BCUT2D eigenvalue weighted by molar-refractivity contribution is 0.307. The summed E-state index contributed by atoms with van der Waals surface area (Å²) in [5.41, 5.74) is 0. The molecule has 0 aromatic carbocycles. The zero-order chi connectivity index (χ0) is 11.9. The summed E-state index contributed by atoms with van der Waals surface area (Å²) in [7, 11) is -3.34. The van der Waals surface area contributed by atoms with E-state index in [0.717, 1.165) is 0 Å². The molecule has 4 nitrogen and oxygen atoms in total. The van der Waals surface area contributed by atoms with E-state index in [-0.39, 0.29) is 18.4 Å². The van der Waals surface area contributed by atoms with Gasteiger partial charge in [-0.15, -0.1) is 12.3 Å². The van der Waals surface area contributed by atoms with Gasteiger partial charge in [0.15, 0.2) is 0 Å². The van der Waals surface area contributed by atoms with Gasteiger partial charge in [0.1, 0.15) is 0 Å². The van der Waals surface area contributed by atoms with E-state index in [0.29, 0.717) is 19.4 Å². The molecule has 0 aliphatic heterocycles. The highest BCUT2D eigenvalue weighted by Crippen LogP contribution is 2.09. The number of hydrogen-bond donors (Lipinski definition) is 1. The summed E-state index contributed by atoms with van der Waals surface area (Å²) in [4.78, 5) is 0. The summed E-state index contributed by atoms with van der Waals surface area (Å²) in [6, 6.07) is -0.0978. The second-order valence-corrected chi connectivity index (χ2v) is 5.59. The highest BCUT2D eigenvalue weighted by atomic mass is 32.2. The van der Waals surface area contributed by atoms with E-state index in [9.17, 15) is 8.42 Å². The van der Waals surface area contributed by atoms with Crippen molar-refractivity contribution in [1.29, 1.82) is 0 Å². The molecule has 0 rings (SSSR count).